The van der Waals surface area contributed by atoms with Crippen LogP contribution >= 0.6 is 0 Å². The van der Waals surface area contributed by atoms with Gasteiger partial charge in [0, 0.05) is 13.1 Å². The Kier molecular flexibility index (Phi) is 3.56. The molecule has 0 radical (unpaired) electrons. The molecule has 1 N–H and O–H groups in total. The summed E-state index contributed by atoms with van der Waals surface area (Å²) in [7, 11) is 0. The topological polar surface area (TPSA) is 67.6 Å². The van der Waals surface area contributed by atoms with Crippen molar-refractivity contribution in [3.63, 3.8) is 0 Å². The lowest BCUT2D eigenvalue weighted by Gasteiger charge is -2.29. The van der Waals surface area contributed by atoms with Crippen LogP contribution in [0, 0.1) is 0 Å². The highest BCUT2D eigenvalue weighted by atomic mass is 16.5. The summed E-state index contributed by atoms with van der Waals surface area (Å²) in [5.74, 6) is 0.0376. The van der Waals surface area contributed by atoms with E-state index in [1.807, 2.05) is 31.2 Å². The standard InChI is InChI=1S/C14H17N3O3/c1-10(13(18)17-6-8-19-9-7-17)15-14-16-11-4-2-3-5-12(11)20-14/h2-5,10H,6-9H2,1H3,(H,15,16)/t10-/m1/s1. The van der Waals surface area contributed by atoms with E-state index < -0.39 is 0 Å². The summed E-state index contributed by atoms with van der Waals surface area (Å²) >= 11 is 0. The van der Waals surface area contributed by atoms with Gasteiger partial charge < -0.3 is 19.4 Å². The molecule has 1 fully saturated rings. The molecular weight excluding hydrogens is 258 g/mol. The molecule has 0 spiro atoms. The molecule has 106 valence electrons. The zero-order chi connectivity index (χ0) is 13.9. The second-order valence-electron chi connectivity index (χ2n) is 4.79. The molecule has 6 nitrogen and oxygen atoms in total. The van der Waals surface area contributed by atoms with E-state index in [1.54, 1.807) is 4.90 Å². The van der Waals surface area contributed by atoms with E-state index in [1.165, 1.54) is 0 Å². The quantitative estimate of drug-likeness (QED) is 0.919. The Morgan fingerprint density at radius 1 is 1.35 bits per heavy atom. The molecule has 0 saturated carbocycles. The summed E-state index contributed by atoms with van der Waals surface area (Å²) in [5.41, 5.74) is 1.49. The maximum absolute atomic E-state index is 12.3. The van der Waals surface area contributed by atoms with Crippen molar-refractivity contribution in [3.05, 3.63) is 24.3 Å². The lowest BCUT2D eigenvalue weighted by Crippen LogP contribution is -2.47. The molecule has 1 aliphatic heterocycles. The van der Waals surface area contributed by atoms with Crippen LogP contribution in [0.4, 0.5) is 6.01 Å². The lowest BCUT2D eigenvalue weighted by molar-refractivity contribution is -0.135. The van der Waals surface area contributed by atoms with Crippen LogP contribution in [0.15, 0.2) is 28.7 Å². The number of morpholine rings is 1. The molecule has 2 heterocycles. The highest BCUT2D eigenvalue weighted by Gasteiger charge is 2.23. The fraction of sp³-hybridized carbons (Fsp3) is 0.429. The van der Waals surface area contributed by atoms with Gasteiger partial charge in [0.15, 0.2) is 5.58 Å². The summed E-state index contributed by atoms with van der Waals surface area (Å²) in [4.78, 5) is 18.4. The number of oxazole rings is 1. The van der Waals surface area contributed by atoms with Crippen molar-refractivity contribution >= 4 is 23.0 Å². The van der Waals surface area contributed by atoms with E-state index in [0.717, 1.165) is 5.52 Å². The number of anilines is 1. The monoisotopic (exact) mass is 275 g/mol. The van der Waals surface area contributed by atoms with E-state index in [-0.39, 0.29) is 11.9 Å². The Labute approximate surface area is 116 Å². The average molecular weight is 275 g/mol. The van der Waals surface area contributed by atoms with Crippen LogP contribution < -0.4 is 5.32 Å². The normalized spacial score (nSPS) is 17.1. The first-order valence-corrected chi connectivity index (χ1v) is 6.73. The molecule has 6 heteroatoms. The number of para-hydroxylation sites is 2. The van der Waals surface area contributed by atoms with Crippen LogP contribution in [0.5, 0.6) is 0 Å². The molecule has 1 aromatic carbocycles. The zero-order valence-electron chi connectivity index (χ0n) is 11.3. The van der Waals surface area contributed by atoms with Crippen molar-refractivity contribution in [2.75, 3.05) is 31.6 Å². The predicted molar refractivity (Wildman–Crippen MR) is 74.5 cm³/mol. The fourth-order valence-electron chi connectivity index (χ4n) is 2.24. The van der Waals surface area contributed by atoms with E-state index >= 15 is 0 Å². The van der Waals surface area contributed by atoms with Crippen molar-refractivity contribution in [1.29, 1.82) is 0 Å². The Morgan fingerprint density at radius 3 is 2.85 bits per heavy atom. The van der Waals surface area contributed by atoms with Gasteiger partial charge in [0.2, 0.25) is 5.91 Å². The van der Waals surface area contributed by atoms with Gasteiger partial charge in [0.05, 0.1) is 13.2 Å². The van der Waals surface area contributed by atoms with Gasteiger partial charge in [0.1, 0.15) is 11.6 Å². The summed E-state index contributed by atoms with van der Waals surface area (Å²) in [6, 6.07) is 7.51. The molecule has 2 aromatic rings. The predicted octanol–water partition coefficient (Wildman–Crippen LogP) is 1.49. The van der Waals surface area contributed by atoms with Crippen molar-refractivity contribution in [3.8, 4) is 0 Å². The van der Waals surface area contributed by atoms with Gasteiger partial charge in [0.25, 0.3) is 6.01 Å². The SMILES string of the molecule is C[C@@H](Nc1nc2ccccc2o1)C(=O)N1CCOCC1. The van der Waals surface area contributed by atoms with Crippen LogP contribution in [-0.4, -0.2) is 48.1 Å². The summed E-state index contributed by atoms with van der Waals surface area (Å²) < 4.78 is 10.8. The van der Waals surface area contributed by atoms with Gasteiger partial charge in [-0.2, -0.15) is 4.98 Å². The molecule has 1 amide bonds. The van der Waals surface area contributed by atoms with Crippen LogP contribution in [0.1, 0.15) is 6.92 Å². The number of amides is 1. The number of carbonyl (C=O) groups excluding carboxylic acids is 1. The summed E-state index contributed by atoms with van der Waals surface area (Å²) in [6.07, 6.45) is 0. The Balaban J connectivity index is 1.68. The maximum Gasteiger partial charge on any atom is 0.296 e. The van der Waals surface area contributed by atoms with Crippen molar-refractivity contribution in [1.82, 2.24) is 9.88 Å². The molecule has 1 saturated heterocycles. The summed E-state index contributed by atoms with van der Waals surface area (Å²) in [5, 5.41) is 3.02. The van der Waals surface area contributed by atoms with Gasteiger partial charge in [-0.3, -0.25) is 4.79 Å². The third-order valence-corrected chi connectivity index (χ3v) is 3.33. The van der Waals surface area contributed by atoms with E-state index in [0.29, 0.717) is 37.9 Å². The number of carbonyl (C=O) groups is 1. The first-order chi connectivity index (χ1) is 9.74. The molecule has 3 rings (SSSR count). The Hall–Kier alpha value is -2.08. The number of fused-ring (bicyclic) bond motifs is 1. The van der Waals surface area contributed by atoms with Crippen molar-refractivity contribution < 1.29 is 13.9 Å². The number of hydrogen-bond donors (Lipinski definition) is 1. The van der Waals surface area contributed by atoms with Gasteiger partial charge in [-0.15, -0.1) is 0 Å². The molecule has 1 aromatic heterocycles. The van der Waals surface area contributed by atoms with Crippen molar-refractivity contribution in [2.24, 2.45) is 0 Å². The van der Waals surface area contributed by atoms with Gasteiger partial charge >= 0.3 is 0 Å². The first-order valence-electron chi connectivity index (χ1n) is 6.73. The largest absolute Gasteiger partial charge is 0.424 e. The Morgan fingerprint density at radius 2 is 2.10 bits per heavy atom. The molecule has 1 atom stereocenters. The second kappa shape index (κ2) is 5.50. The number of ether oxygens (including phenoxy) is 1. The van der Waals surface area contributed by atoms with Gasteiger partial charge in [-0.25, -0.2) is 0 Å². The number of aromatic nitrogens is 1. The minimum Gasteiger partial charge on any atom is -0.424 e. The Bertz CT molecular complexity index is 571. The van der Waals surface area contributed by atoms with E-state index in [4.69, 9.17) is 9.15 Å². The lowest BCUT2D eigenvalue weighted by atomic mass is 10.2. The third-order valence-electron chi connectivity index (χ3n) is 3.33. The minimum absolute atomic E-state index is 0.0376. The van der Waals surface area contributed by atoms with Crippen LogP contribution in [0.3, 0.4) is 0 Å². The summed E-state index contributed by atoms with van der Waals surface area (Å²) in [6.45, 7) is 4.28. The number of hydrogen-bond acceptors (Lipinski definition) is 5. The minimum atomic E-state index is -0.374. The van der Waals surface area contributed by atoms with Crippen LogP contribution in [0.25, 0.3) is 11.1 Å². The second-order valence-corrected chi connectivity index (χ2v) is 4.79. The van der Waals surface area contributed by atoms with Crippen LogP contribution in [-0.2, 0) is 9.53 Å². The number of nitrogens with zero attached hydrogens (tertiary/aromatic N) is 2. The first kappa shape index (κ1) is 12.9. The number of benzene rings is 1. The van der Waals surface area contributed by atoms with E-state index in [9.17, 15) is 4.79 Å². The van der Waals surface area contributed by atoms with Crippen LogP contribution in [0.2, 0.25) is 0 Å². The molecule has 0 unspecified atom stereocenters. The van der Waals surface area contributed by atoms with Gasteiger partial charge in [-0.1, -0.05) is 12.1 Å². The fourth-order valence-corrected chi connectivity index (χ4v) is 2.24. The van der Waals surface area contributed by atoms with Crippen molar-refractivity contribution in [2.45, 2.75) is 13.0 Å². The molecular formula is C14H17N3O3. The third kappa shape index (κ3) is 2.60. The highest BCUT2D eigenvalue weighted by molar-refractivity contribution is 5.84. The number of rotatable bonds is 3. The van der Waals surface area contributed by atoms with E-state index in [2.05, 4.69) is 10.3 Å². The molecule has 1 aliphatic rings. The number of nitrogens with one attached hydrogen (secondary N) is 1. The maximum atomic E-state index is 12.3. The molecule has 0 aliphatic carbocycles. The highest BCUT2D eigenvalue weighted by Crippen LogP contribution is 2.19. The van der Waals surface area contributed by atoms with Gasteiger partial charge in [-0.05, 0) is 19.1 Å². The smallest absolute Gasteiger partial charge is 0.296 e. The molecule has 0 bridgehead atoms. The molecule has 20 heavy (non-hydrogen) atoms. The zero-order valence-corrected chi connectivity index (χ0v) is 11.3. The average Bonchev–Trinajstić information content (AvgIpc) is 2.89.